The van der Waals surface area contributed by atoms with Crippen LogP contribution in [-0.4, -0.2) is 20.9 Å². The zero-order valence-electron chi connectivity index (χ0n) is 16.2. The number of aromatic nitrogens is 3. The molecule has 8 heteroatoms. The molecule has 31 heavy (non-hydrogen) atoms. The van der Waals surface area contributed by atoms with Crippen LogP contribution in [0, 0.1) is 0 Å². The van der Waals surface area contributed by atoms with Crippen LogP contribution in [-0.2, 0) is 6.61 Å². The first-order valence-electron chi connectivity index (χ1n) is 9.35. The molecule has 0 saturated carbocycles. The van der Waals surface area contributed by atoms with Crippen LogP contribution in [0.3, 0.4) is 0 Å². The summed E-state index contributed by atoms with van der Waals surface area (Å²) in [7, 11) is 0. The predicted molar refractivity (Wildman–Crippen MR) is 119 cm³/mol. The topological polar surface area (TPSA) is 86.2 Å². The van der Waals surface area contributed by atoms with Crippen molar-refractivity contribution in [3.05, 3.63) is 101 Å². The van der Waals surface area contributed by atoms with Crippen LogP contribution in [0.25, 0.3) is 0 Å². The summed E-state index contributed by atoms with van der Waals surface area (Å²) in [6.07, 6.45) is 6.43. The van der Waals surface area contributed by atoms with Crippen molar-refractivity contribution in [2.24, 2.45) is 0 Å². The highest BCUT2D eigenvalue weighted by Crippen LogP contribution is 2.24. The number of amides is 1. The van der Waals surface area contributed by atoms with E-state index < -0.39 is 0 Å². The van der Waals surface area contributed by atoms with Gasteiger partial charge in [0, 0.05) is 35.3 Å². The third kappa shape index (κ3) is 5.64. The minimum Gasteiger partial charge on any atom is -0.485 e. The summed E-state index contributed by atoms with van der Waals surface area (Å²) >= 11 is 3.40. The molecule has 154 valence electrons. The van der Waals surface area contributed by atoms with Gasteiger partial charge < -0.3 is 14.8 Å². The van der Waals surface area contributed by atoms with E-state index in [2.05, 4.69) is 36.2 Å². The molecular formula is C23H17BrN4O3. The molecule has 4 rings (SSSR count). The molecule has 0 spiro atoms. The molecule has 1 N–H and O–H groups in total. The Labute approximate surface area is 187 Å². The number of pyridine rings is 3. The molecule has 3 aromatic heterocycles. The third-order valence-electron chi connectivity index (χ3n) is 4.16. The smallest absolute Gasteiger partial charge is 0.258 e. The Morgan fingerprint density at radius 1 is 0.968 bits per heavy atom. The third-order valence-corrected chi connectivity index (χ3v) is 4.66. The van der Waals surface area contributed by atoms with Crippen molar-refractivity contribution in [3.8, 4) is 17.4 Å². The fraction of sp³-hybridized carbons (Fsp3) is 0.0435. The van der Waals surface area contributed by atoms with E-state index in [-0.39, 0.29) is 5.91 Å². The number of nitrogens with zero attached hydrogens (tertiary/aromatic N) is 3. The van der Waals surface area contributed by atoms with E-state index in [0.717, 1.165) is 10.0 Å². The number of nitrogens with one attached hydrogen (secondary N) is 1. The highest BCUT2D eigenvalue weighted by molar-refractivity contribution is 9.10. The monoisotopic (exact) mass is 476 g/mol. The van der Waals surface area contributed by atoms with Crippen LogP contribution in [0.2, 0.25) is 0 Å². The Kier molecular flexibility index (Phi) is 6.49. The molecule has 1 amide bonds. The lowest BCUT2D eigenvalue weighted by Gasteiger charge is -2.11. The van der Waals surface area contributed by atoms with Gasteiger partial charge in [-0.2, -0.15) is 0 Å². The first-order valence-corrected chi connectivity index (χ1v) is 10.1. The normalized spacial score (nSPS) is 10.4. The molecule has 3 heterocycles. The maximum atomic E-state index is 12.7. The van der Waals surface area contributed by atoms with Gasteiger partial charge >= 0.3 is 0 Å². The maximum absolute atomic E-state index is 12.7. The van der Waals surface area contributed by atoms with E-state index in [1.165, 1.54) is 6.20 Å². The van der Waals surface area contributed by atoms with E-state index in [9.17, 15) is 4.79 Å². The number of ether oxygens (including phenoxy) is 2. The summed E-state index contributed by atoms with van der Waals surface area (Å²) < 4.78 is 12.4. The van der Waals surface area contributed by atoms with Gasteiger partial charge in [-0.3, -0.25) is 9.78 Å². The molecule has 0 bridgehead atoms. The van der Waals surface area contributed by atoms with E-state index in [1.807, 2.05) is 36.4 Å². The quantitative estimate of drug-likeness (QED) is 0.391. The second kappa shape index (κ2) is 9.82. The largest absolute Gasteiger partial charge is 0.485 e. The van der Waals surface area contributed by atoms with Crippen molar-refractivity contribution in [3.63, 3.8) is 0 Å². The van der Waals surface area contributed by atoms with Crippen molar-refractivity contribution < 1.29 is 14.3 Å². The van der Waals surface area contributed by atoms with Crippen molar-refractivity contribution >= 4 is 27.7 Å². The summed E-state index contributed by atoms with van der Waals surface area (Å²) in [5.74, 6) is 1.47. The van der Waals surface area contributed by atoms with Crippen LogP contribution in [0.1, 0.15) is 15.9 Å². The van der Waals surface area contributed by atoms with Gasteiger partial charge in [-0.25, -0.2) is 9.97 Å². The molecule has 7 nitrogen and oxygen atoms in total. The van der Waals surface area contributed by atoms with Gasteiger partial charge in [-0.05, 0) is 54.1 Å². The lowest BCUT2D eigenvalue weighted by molar-refractivity contribution is 0.102. The fourth-order valence-corrected chi connectivity index (χ4v) is 3.03. The molecule has 0 saturated heterocycles. The number of hydrogen-bond donors (Lipinski definition) is 1. The van der Waals surface area contributed by atoms with E-state index in [1.54, 1.807) is 42.9 Å². The van der Waals surface area contributed by atoms with Gasteiger partial charge in [0.1, 0.15) is 12.4 Å². The highest BCUT2D eigenvalue weighted by atomic mass is 79.9. The maximum Gasteiger partial charge on any atom is 0.258 e. The number of rotatable bonds is 7. The molecule has 0 aliphatic heterocycles. The number of carbonyl (C=O) groups excluding carboxylic acids is 1. The zero-order valence-corrected chi connectivity index (χ0v) is 17.8. The number of carbonyl (C=O) groups is 1. The number of halogens is 1. The number of hydrogen-bond acceptors (Lipinski definition) is 6. The highest BCUT2D eigenvalue weighted by Gasteiger charge is 2.12. The van der Waals surface area contributed by atoms with Gasteiger partial charge in [0.2, 0.25) is 5.88 Å². The summed E-state index contributed by atoms with van der Waals surface area (Å²) in [6, 6.07) is 17.9. The van der Waals surface area contributed by atoms with Crippen molar-refractivity contribution in [2.75, 3.05) is 5.32 Å². The minimum absolute atomic E-state index is 0.330. The molecule has 0 aliphatic carbocycles. The summed E-state index contributed by atoms with van der Waals surface area (Å²) in [6.45, 7) is 0.334. The summed E-state index contributed by atoms with van der Waals surface area (Å²) in [4.78, 5) is 25.1. The Hall–Kier alpha value is -3.78. The van der Waals surface area contributed by atoms with Crippen molar-refractivity contribution in [1.29, 1.82) is 0 Å². The van der Waals surface area contributed by atoms with Gasteiger partial charge in [0.05, 0.1) is 5.56 Å². The Morgan fingerprint density at radius 3 is 2.61 bits per heavy atom. The second-order valence-electron chi connectivity index (χ2n) is 6.39. The molecule has 0 fully saturated rings. The SMILES string of the molecule is O=C(Nc1ncccc1OCc1ccncc1)c1ccc(Oc2cccc(Br)c2)nc1. The van der Waals surface area contributed by atoms with Crippen LogP contribution in [0.4, 0.5) is 5.82 Å². The molecule has 0 unspecified atom stereocenters. The number of anilines is 1. The van der Waals surface area contributed by atoms with E-state index in [0.29, 0.717) is 35.4 Å². The Balaban J connectivity index is 1.41. The first kappa shape index (κ1) is 20.5. The van der Waals surface area contributed by atoms with Crippen LogP contribution >= 0.6 is 15.9 Å². The lowest BCUT2D eigenvalue weighted by Crippen LogP contribution is -2.14. The van der Waals surface area contributed by atoms with Crippen molar-refractivity contribution in [2.45, 2.75) is 6.61 Å². The van der Waals surface area contributed by atoms with Gasteiger partial charge in [0.25, 0.3) is 5.91 Å². The molecule has 4 aromatic rings. The molecular weight excluding hydrogens is 460 g/mol. The number of benzene rings is 1. The van der Waals surface area contributed by atoms with Gasteiger partial charge in [0.15, 0.2) is 11.6 Å². The average molecular weight is 477 g/mol. The average Bonchev–Trinajstić information content (AvgIpc) is 2.80. The molecule has 1 aromatic carbocycles. The molecule has 0 atom stereocenters. The summed E-state index contributed by atoms with van der Waals surface area (Å²) in [5, 5.41) is 2.77. The lowest BCUT2D eigenvalue weighted by atomic mass is 10.2. The zero-order chi connectivity index (χ0) is 21.5. The standard InChI is InChI=1S/C23H17BrN4O3/c24-18-3-1-4-19(13-18)31-21-7-6-17(14-27-21)23(29)28-22-20(5-2-10-26-22)30-15-16-8-11-25-12-9-16/h1-14H,15H2,(H,26,28,29). The van der Waals surface area contributed by atoms with Crippen LogP contribution < -0.4 is 14.8 Å². The fourth-order valence-electron chi connectivity index (χ4n) is 2.65. The predicted octanol–water partition coefficient (Wildman–Crippen LogP) is 5.26. The van der Waals surface area contributed by atoms with Crippen LogP contribution in [0.15, 0.2) is 89.9 Å². The molecule has 0 aliphatic rings. The second-order valence-corrected chi connectivity index (χ2v) is 7.31. The minimum atomic E-state index is -0.353. The first-order chi connectivity index (χ1) is 15.2. The van der Waals surface area contributed by atoms with E-state index in [4.69, 9.17) is 9.47 Å². The Bertz CT molecular complexity index is 1170. The Morgan fingerprint density at radius 2 is 1.84 bits per heavy atom. The van der Waals surface area contributed by atoms with E-state index >= 15 is 0 Å². The van der Waals surface area contributed by atoms with Crippen molar-refractivity contribution in [1.82, 2.24) is 15.0 Å². The summed E-state index contributed by atoms with van der Waals surface area (Å²) in [5.41, 5.74) is 1.33. The molecule has 0 radical (unpaired) electrons. The van der Waals surface area contributed by atoms with Gasteiger partial charge in [-0.1, -0.05) is 22.0 Å². The van der Waals surface area contributed by atoms with Crippen LogP contribution in [0.5, 0.6) is 17.4 Å². The van der Waals surface area contributed by atoms with Gasteiger partial charge in [-0.15, -0.1) is 0 Å².